The van der Waals surface area contributed by atoms with Gasteiger partial charge in [0.15, 0.2) is 0 Å². The zero-order valence-electron chi connectivity index (χ0n) is 9.63. The Morgan fingerprint density at radius 2 is 1.80 bits per heavy atom. The molecule has 2 rings (SSSR count). The van der Waals surface area contributed by atoms with Gasteiger partial charge in [-0.1, -0.05) is 12.8 Å². The van der Waals surface area contributed by atoms with E-state index >= 15 is 0 Å². The van der Waals surface area contributed by atoms with Crippen LogP contribution in [0.5, 0.6) is 0 Å². The number of esters is 1. The van der Waals surface area contributed by atoms with Gasteiger partial charge in [0.25, 0.3) is 0 Å². The number of rotatable bonds is 3. The smallest absolute Gasteiger partial charge is 0.313 e. The third kappa shape index (κ3) is 2.51. The van der Waals surface area contributed by atoms with Crippen molar-refractivity contribution in [3.63, 3.8) is 0 Å². The zero-order chi connectivity index (χ0) is 10.7. The van der Waals surface area contributed by atoms with E-state index in [-0.39, 0.29) is 11.4 Å². The second-order valence-electron chi connectivity index (χ2n) is 4.96. The first kappa shape index (κ1) is 10.9. The highest BCUT2D eigenvalue weighted by atomic mass is 16.5. The highest BCUT2D eigenvalue weighted by Gasteiger charge is 2.51. The van der Waals surface area contributed by atoms with Crippen molar-refractivity contribution in [3.8, 4) is 0 Å². The van der Waals surface area contributed by atoms with Crippen molar-refractivity contribution in [2.45, 2.75) is 38.5 Å². The van der Waals surface area contributed by atoms with Gasteiger partial charge in [0.2, 0.25) is 0 Å². The molecule has 1 saturated heterocycles. The first-order valence-electron chi connectivity index (χ1n) is 6.08. The summed E-state index contributed by atoms with van der Waals surface area (Å²) in [6.07, 6.45) is 7.32. The summed E-state index contributed by atoms with van der Waals surface area (Å²) in [5.41, 5.74) is -0.126. The van der Waals surface area contributed by atoms with E-state index in [1.165, 1.54) is 45.9 Å². The number of carbonyl (C=O) groups is 1. The predicted molar refractivity (Wildman–Crippen MR) is 58.6 cm³/mol. The molecule has 1 aliphatic heterocycles. The van der Waals surface area contributed by atoms with E-state index in [0.29, 0.717) is 0 Å². The minimum atomic E-state index is -0.126. The zero-order valence-corrected chi connectivity index (χ0v) is 9.63. The number of nitrogens with zero attached hydrogens (tertiary/aromatic N) is 1. The molecule has 86 valence electrons. The standard InChI is InChI=1S/C12H21NO2/c1-15-11(14)12(6-7-12)10-13-8-4-2-3-5-9-13/h2-10H2,1H3. The highest BCUT2D eigenvalue weighted by Crippen LogP contribution is 2.47. The third-order valence-corrected chi connectivity index (χ3v) is 3.70. The van der Waals surface area contributed by atoms with Crippen molar-refractivity contribution in [2.75, 3.05) is 26.7 Å². The van der Waals surface area contributed by atoms with Crippen LogP contribution in [0.15, 0.2) is 0 Å². The summed E-state index contributed by atoms with van der Waals surface area (Å²) in [6, 6.07) is 0. The highest BCUT2D eigenvalue weighted by molar-refractivity contribution is 5.80. The van der Waals surface area contributed by atoms with Crippen molar-refractivity contribution in [2.24, 2.45) is 5.41 Å². The predicted octanol–water partition coefficient (Wildman–Crippen LogP) is 1.82. The van der Waals surface area contributed by atoms with Crippen LogP contribution in [0.3, 0.4) is 0 Å². The molecule has 0 aromatic heterocycles. The molecule has 0 aromatic rings. The van der Waals surface area contributed by atoms with Crippen molar-refractivity contribution < 1.29 is 9.53 Å². The molecule has 3 nitrogen and oxygen atoms in total. The summed E-state index contributed by atoms with van der Waals surface area (Å²) < 4.78 is 4.88. The Hall–Kier alpha value is -0.570. The normalized spacial score (nSPS) is 25.7. The Morgan fingerprint density at radius 3 is 2.27 bits per heavy atom. The Labute approximate surface area is 91.8 Å². The van der Waals surface area contributed by atoms with E-state index in [1.807, 2.05) is 0 Å². The third-order valence-electron chi connectivity index (χ3n) is 3.70. The Kier molecular flexibility index (Phi) is 3.29. The maximum Gasteiger partial charge on any atom is 0.313 e. The van der Waals surface area contributed by atoms with E-state index in [4.69, 9.17) is 4.74 Å². The van der Waals surface area contributed by atoms with Gasteiger partial charge in [-0.15, -0.1) is 0 Å². The van der Waals surface area contributed by atoms with Crippen LogP contribution in [0.25, 0.3) is 0 Å². The molecule has 1 aliphatic carbocycles. The molecular weight excluding hydrogens is 190 g/mol. The summed E-state index contributed by atoms with van der Waals surface area (Å²) in [5, 5.41) is 0. The lowest BCUT2D eigenvalue weighted by atomic mass is 10.1. The molecule has 3 heteroatoms. The van der Waals surface area contributed by atoms with E-state index in [1.54, 1.807) is 0 Å². The van der Waals surface area contributed by atoms with Crippen LogP contribution in [0.1, 0.15) is 38.5 Å². The van der Waals surface area contributed by atoms with Crippen molar-refractivity contribution in [1.82, 2.24) is 4.90 Å². The van der Waals surface area contributed by atoms with Gasteiger partial charge in [-0.25, -0.2) is 0 Å². The van der Waals surface area contributed by atoms with Crippen LogP contribution in [0, 0.1) is 5.41 Å². The summed E-state index contributed by atoms with van der Waals surface area (Å²) >= 11 is 0. The number of ether oxygens (including phenoxy) is 1. The van der Waals surface area contributed by atoms with E-state index in [0.717, 1.165) is 19.4 Å². The molecule has 15 heavy (non-hydrogen) atoms. The molecule has 2 fully saturated rings. The van der Waals surface area contributed by atoms with Gasteiger partial charge in [0.1, 0.15) is 0 Å². The second kappa shape index (κ2) is 4.52. The van der Waals surface area contributed by atoms with Crippen molar-refractivity contribution in [1.29, 1.82) is 0 Å². The number of methoxy groups -OCH3 is 1. The van der Waals surface area contributed by atoms with Gasteiger partial charge >= 0.3 is 5.97 Å². The van der Waals surface area contributed by atoms with E-state index < -0.39 is 0 Å². The van der Waals surface area contributed by atoms with Gasteiger partial charge in [-0.3, -0.25) is 4.79 Å². The minimum Gasteiger partial charge on any atom is -0.469 e. The number of carbonyl (C=O) groups excluding carboxylic acids is 1. The average molecular weight is 211 g/mol. The molecule has 0 N–H and O–H groups in total. The maximum atomic E-state index is 11.6. The van der Waals surface area contributed by atoms with E-state index in [2.05, 4.69) is 4.90 Å². The van der Waals surface area contributed by atoms with Gasteiger partial charge < -0.3 is 9.64 Å². The van der Waals surface area contributed by atoms with Crippen molar-refractivity contribution >= 4 is 5.97 Å². The fourth-order valence-electron chi connectivity index (χ4n) is 2.52. The molecule has 1 saturated carbocycles. The molecule has 0 radical (unpaired) electrons. The Balaban J connectivity index is 1.87. The first-order valence-corrected chi connectivity index (χ1v) is 6.08. The van der Waals surface area contributed by atoms with Gasteiger partial charge in [-0.2, -0.15) is 0 Å². The quantitative estimate of drug-likeness (QED) is 0.667. The molecule has 0 spiro atoms. The minimum absolute atomic E-state index is 0.00625. The Morgan fingerprint density at radius 1 is 1.20 bits per heavy atom. The molecule has 0 unspecified atom stereocenters. The van der Waals surface area contributed by atoms with Gasteiger partial charge in [-0.05, 0) is 38.8 Å². The summed E-state index contributed by atoms with van der Waals surface area (Å²) in [5.74, 6) is 0.00625. The summed E-state index contributed by atoms with van der Waals surface area (Å²) in [7, 11) is 1.50. The molecule has 0 aromatic carbocycles. The number of hydrogen-bond donors (Lipinski definition) is 0. The summed E-state index contributed by atoms with van der Waals surface area (Å²) in [6.45, 7) is 3.26. The first-order chi connectivity index (χ1) is 7.27. The van der Waals surface area contributed by atoms with Crippen LogP contribution >= 0.6 is 0 Å². The summed E-state index contributed by atoms with van der Waals surface area (Å²) in [4.78, 5) is 14.1. The molecule has 0 amide bonds. The van der Waals surface area contributed by atoms with Gasteiger partial charge in [0.05, 0.1) is 12.5 Å². The molecular formula is C12H21NO2. The second-order valence-corrected chi connectivity index (χ2v) is 4.96. The Bertz CT molecular complexity index is 228. The maximum absolute atomic E-state index is 11.6. The van der Waals surface area contributed by atoms with Crippen LogP contribution in [0.2, 0.25) is 0 Å². The SMILES string of the molecule is COC(=O)C1(CN2CCCCCC2)CC1. The fourth-order valence-corrected chi connectivity index (χ4v) is 2.52. The lowest BCUT2D eigenvalue weighted by Crippen LogP contribution is -2.35. The van der Waals surface area contributed by atoms with Crippen molar-refractivity contribution in [3.05, 3.63) is 0 Å². The molecule has 1 heterocycles. The molecule has 0 atom stereocenters. The number of hydrogen-bond acceptors (Lipinski definition) is 3. The fraction of sp³-hybridized carbons (Fsp3) is 0.917. The van der Waals surface area contributed by atoms with Crippen LogP contribution in [-0.4, -0.2) is 37.6 Å². The molecule has 2 aliphatic rings. The topological polar surface area (TPSA) is 29.5 Å². The lowest BCUT2D eigenvalue weighted by Gasteiger charge is -2.24. The largest absolute Gasteiger partial charge is 0.469 e. The molecule has 0 bridgehead atoms. The van der Waals surface area contributed by atoms with Crippen LogP contribution in [-0.2, 0) is 9.53 Å². The van der Waals surface area contributed by atoms with Crippen LogP contribution < -0.4 is 0 Å². The van der Waals surface area contributed by atoms with E-state index in [9.17, 15) is 4.79 Å². The number of likely N-dealkylation sites (tertiary alicyclic amines) is 1. The monoisotopic (exact) mass is 211 g/mol. The lowest BCUT2D eigenvalue weighted by molar-refractivity contribution is -0.147. The van der Waals surface area contributed by atoms with Gasteiger partial charge in [0, 0.05) is 6.54 Å². The average Bonchev–Trinajstić information content (AvgIpc) is 3.04. The van der Waals surface area contributed by atoms with Crippen LogP contribution in [0.4, 0.5) is 0 Å².